The van der Waals surface area contributed by atoms with E-state index in [4.69, 9.17) is 14.2 Å². The molecule has 1 aliphatic rings. The Morgan fingerprint density at radius 3 is 2.50 bits per heavy atom. The number of nitrogens with zero attached hydrogens (tertiary/aromatic N) is 1. The fourth-order valence-electron chi connectivity index (χ4n) is 4.06. The lowest BCUT2D eigenvalue weighted by molar-refractivity contribution is -0.130. The molecule has 34 heavy (non-hydrogen) atoms. The normalized spacial score (nSPS) is 15.9. The summed E-state index contributed by atoms with van der Waals surface area (Å²) in [5, 5.41) is 10.7. The molecule has 1 N–H and O–H groups in total. The zero-order valence-electron chi connectivity index (χ0n) is 20.2. The molecule has 1 unspecified atom stereocenters. The van der Waals surface area contributed by atoms with Gasteiger partial charge in [0.1, 0.15) is 0 Å². The van der Waals surface area contributed by atoms with Gasteiger partial charge in [-0.25, -0.2) is 0 Å². The molecule has 1 atom stereocenters. The number of methoxy groups -OCH3 is 1. The van der Waals surface area contributed by atoms with E-state index < -0.39 is 17.7 Å². The highest BCUT2D eigenvalue weighted by molar-refractivity contribution is 6.09. The van der Waals surface area contributed by atoms with Crippen molar-refractivity contribution >= 4 is 11.7 Å². The molecule has 1 amide bonds. The summed E-state index contributed by atoms with van der Waals surface area (Å²) < 4.78 is 16.8. The maximum atomic E-state index is 13.3. The first kappa shape index (κ1) is 25.3. The minimum absolute atomic E-state index is 0.0459. The number of ketones is 1. The highest BCUT2D eigenvalue weighted by atomic mass is 16.5. The van der Waals surface area contributed by atoms with Gasteiger partial charge in [-0.1, -0.05) is 36.4 Å². The third-order valence-corrected chi connectivity index (χ3v) is 5.57. The predicted octanol–water partition coefficient (Wildman–Crippen LogP) is 4.42. The van der Waals surface area contributed by atoms with Crippen LogP contribution in [0.2, 0.25) is 0 Å². The molecule has 182 valence electrons. The number of hydrogen-bond acceptors (Lipinski definition) is 6. The van der Waals surface area contributed by atoms with Crippen LogP contribution in [-0.4, -0.2) is 54.7 Å². The molecule has 0 radical (unpaired) electrons. The summed E-state index contributed by atoms with van der Waals surface area (Å²) >= 11 is 0. The van der Waals surface area contributed by atoms with E-state index in [0.29, 0.717) is 30.1 Å². The van der Waals surface area contributed by atoms with Crippen molar-refractivity contribution < 1.29 is 28.9 Å². The van der Waals surface area contributed by atoms with Gasteiger partial charge in [-0.05, 0) is 50.5 Å². The number of Topliss-reactive ketones (excluding diaryl/α,β-unsaturated/α-hetero) is 1. The SMILES string of the molecule is CCOc1cc(C2C(C(=O)CCc3ccccc3)=C(O)C(=O)N2CCOC)ccc1OC(C)C. The van der Waals surface area contributed by atoms with Crippen LogP contribution in [0.15, 0.2) is 59.9 Å². The summed E-state index contributed by atoms with van der Waals surface area (Å²) in [7, 11) is 1.54. The summed E-state index contributed by atoms with van der Waals surface area (Å²) in [5.74, 6) is -0.237. The number of aryl methyl sites for hydroxylation is 1. The molecule has 7 nitrogen and oxygen atoms in total. The van der Waals surface area contributed by atoms with Gasteiger partial charge in [-0.3, -0.25) is 9.59 Å². The lowest BCUT2D eigenvalue weighted by atomic mass is 9.93. The van der Waals surface area contributed by atoms with E-state index in [2.05, 4.69) is 0 Å². The second kappa shape index (κ2) is 11.7. The van der Waals surface area contributed by atoms with E-state index in [-0.39, 0.29) is 37.0 Å². The van der Waals surface area contributed by atoms with Crippen molar-refractivity contribution in [2.45, 2.75) is 45.8 Å². The van der Waals surface area contributed by atoms with Crippen LogP contribution in [0.5, 0.6) is 11.5 Å². The molecular weight excluding hydrogens is 434 g/mol. The van der Waals surface area contributed by atoms with Crippen molar-refractivity contribution in [3.05, 3.63) is 71.0 Å². The molecule has 1 heterocycles. The maximum absolute atomic E-state index is 13.3. The van der Waals surface area contributed by atoms with Gasteiger partial charge in [0.15, 0.2) is 23.0 Å². The van der Waals surface area contributed by atoms with Gasteiger partial charge in [0.2, 0.25) is 0 Å². The molecule has 0 saturated heterocycles. The maximum Gasteiger partial charge on any atom is 0.290 e. The van der Waals surface area contributed by atoms with Crippen molar-refractivity contribution in [2.24, 2.45) is 0 Å². The predicted molar refractivity (Wildman–Crippen MR) is 129 cm³/mol. The highest BCUT2D eigenvalue weighted by Crippen LogP contribution is 2.41. The zero-order valence-corrected chi connectivity index (χ0v) is 20.2. The molecule has 2 aromatic rings. The van der Waals surface area contributed by atoms with Gasteiger partial charge in [0.25, 0.3) is 5.91 Å². The Balaban J connectivity index is 1.97. The van der Waals surface area contributed by atoms with Gasteiger partial charge in [-0.2, -0.15) is 0 Å². The van der Waals surface area contributed by atoms with E-state index in [1.165, 1.54) is 4.90 Å². The second-order valence-electron chi connectivity index (χ2n) is 8.37. The lowest BCUT2D eigenvalue weighted by Gasteiger charge is -2.27. The number of benzene rings is 2. The Bertz CT molecular complexity index is 1030. The Kier molecular flexibility index (Phi) is 8.71. The highest BCUT2D eigenvalue weighted by Gasteiger charge is 2.43. The van der Waals surface area contributed by atoms with Crippen molar-refractivity contribution in [3.8, 4) is 11.5 Å². The Morgan fingerprint density at radius 2 is 1.85 bits per heavy atom. The number of aliphatic hydroxyl groups is 1. The summed E-state index contributed by atoms with van der Waals surface area (Å²) in [6.07, 6.45) is 0.647. The van der Waals surface area contributed by atoms with E-state index in [1.807, 2.05) is 51.1 Å². The number of carbonyl (C=O) groups excluding carboxylic acids is 2. The van der Waals surface area contributed by atoms with Crippen molar-refractivity contribution in [1.82, 2.24) is 4.90 Å². The Labute approximate surface area is 200 Å². The van der Waals surface area contributed by atoms with Crippen LogP contribution in [0.4, 0.5) is 0 Å². The zero-order chi connectivity index (χ0) is 24.7. The molecule has 3 rings (SSSR count). The monoisotopic (exact) mass is 467 g/mol. The average Bonchev–Trinajstić information content (AvgIpc) is 3.07. The molecule has 2 aromatic carbocycles. The van der Waals surface area contributed by atoms with Crippen molar-refractivity contribution in [1.29, 1.82) is 0 Å². The Morgan fingerprint density at radius 1 is 1.12 bits per heavy atom. The van der Waals surface area contributed by atoms with Crippen molar-refractivity contribution in [3.63, 3.8) is 0 Å². The van der Waals surface area contributed by atoms with E-state index in [9.17, 15) is 14.7 Å². The van der Waals surface area contributed by atoms with Gasteiger partial charge < -0.3 is 24.2 Å². The quantitative estimate of drug-likeness (QED) is 0.498. The third kappa shape index (κ3) is 5.78. The van der Waals surface area contributed by atoms with E-state index >= 15 is 0 Å². The van der Waals surface area contributed by atoms with Gasteiger partial charge in [0.05, 0.1) is 30.9 Å². The molecule has 0 aromatic heterocycles. The Hall–Kier alpha value is -3.32. The van der Waals surface area contributed by atoms with Crippen LogP contribution in [0.3, 0.4) is 0 Å². The molecule has 0 spiro atoms. The fraction of sp³-hybridized carbons (Fsp3) is 0.407. The topological polar surface area (TPSA) is 85.3 Å². The molecular formula is C27H33NO6. The van der Waals surface area contributed by atoms with Crippen LogP contribution in [0.25, 0.3) is 0 Å². The van der Waals surface area contributed by atoms with Crippen LogP contribution < -0.4 is 9.47 Å². The number of ether oxygens (including phenoxy) is 3. The van der Waals surface area contributed by atoms with Gasteiger partial charge in [-0.15, -0.1) is 0 Å². The molecule has 1 aliphatic heterocycles. The van der Waals surface area contributed by atoms with E-state index in [0.717, 1.165) is 5.56 Å². The minimum Gasteiger partial charge on any atom is -0.503 e. The molecule has 0 saturated carbocycles. The second-order valence-corrected chi connectivity index (χ2v) is 8.37. The number of rotatable bonds is 12. The van der Waals surface area contributed by atoms with Crippen LogP contribution in [0.1, 0.15) is 44.4 Å². The van der Waals surface area contributed by atoms with E-state index in [1.54, 1.807) is 25.3 Å². The molecule has 0 bridgehead atoms. The largest absolute Gasteiger partial charge is 0.503 e. The summed E-state index contributed by atoms with van der Waals surface area (Å²) in [5.41, 5.74) is 1.79. The number of amides is 1. The number of aliphatic hydroxyl groups excluding tert-OH is 1. The van der Waals surface area contributed by atoms with Crippen LogP contribution in [0, 0.1) is 0 Å². The summed E-state index contributed by atoms with van der Waals surface area (Å²) in [6.45, 7) is 6.66. The average molecular weight is 468 g/mol. The number of carbonyl (C=O) groups is 2. The summed E-state index contributed by atoms with van der Waals surface area (Å²) in [4.78, 5) is 27.8. The smallest absolute Gasteiger partial charge is 0.290 e. The van der Waals surface area contributed by atoms with Crippen LogP contribution >= 0.6 is 0 Å². The molecule has 7 heteroatoms. The first-order valence-corrected chi connectivity index (χ1v) is 11.6. The van der Waals surface area contributed by atoms with Crippen LogP contribution in [-0.2, 0) is 20.7 Å². The third-order valence-electron chi connectivity index (χ3n) is 5.57. The van der Waals surface area contributed by atoms with Gasteiger partial charge >= 0.3 is 0 Å². The number of hydrogen-bond donors (Lipinski definition) is 1. The standard InChI is InChI=1S/C27H33NO6/c1-5-33-23-17-20(12-14-22(23)34-18(2)3)25-24(26(30)27(31)28(25)15-16-32-4)21(29)13-11-19-9-7-6-8-10-19/h6-10,12,14,17-18,25,30H,5,11,13,15-16H2,1-4H3. The molecule has 0 fully saturated rings. The van der Waals surface area contributed by atoms with Gasteiger partial charge in [0, 0.05) is 20.1 Å². The minimum atomic E-state index is -0.738. The first-order valence-electron chi connectivity index (χ1n) is 11.6. The first-order chi connectivity index (χ1) is 16.4. The fourth-order valence-corrected chi connectivity index (χ4v) is 4.06. The lowest BCUT2D eigenvalue weighted by Crippen LogP contribution is -2.34. The van der Waals surface area contributed by atoms with Crippen molar-refractivity contribution in [2.75, 3.05) is 26.9 Å². The summed E-state index contributed by atoms with van der Waals surface area (Å²) in [6, 6.07) is 14.3. The molecule has 0 aliphatic carbocycles.